The minimum atomic E-state index is -4.51. The largest absolute Gasteiger partial charge is 0.462 e. The molecule has 0 radical (unpaired) electrons. The summed E-state index contributed by atoms with van der Waals surface area (Å²) in [6.07, 6.45) is -3.36. The van der Waals surface area contributed by atoms with E-state index in [1.54, 1.807) is 13.8 Å². The molecule has 0 spiro atoms. The number of aromatic nitrogens is 2. The highest BCUT2D eigenvalue weighted by Crippen LogP contribution is 2.41. The van der Waals surface area contributed by atoms with E-state index in [2.05, 4.69) is 5.09 Å². The molecule has 2 rings (SSSR count). The average molecular weight is 453 g/mol. The summed E-state index contributed by atoms with van der Waals surface area (Å²) in [5.74, 6) is -1.94. The molecule has 1 fully saturated rings. The van der Waals surface area contributed by atoms with Crippen LogP contribution in [0.25, 0.3) is 0 Å². The lowest BCUT2D eigenvalue weighted by Gasteiger charge is -2.21. The number of nitrogens with one attached hydrogen (secondary N) is 2. The van der Waals surface area contributed by atoms with E-state index in [-0.39, 0.29) is 0 Å². The molecule has 170 valence electrons. The molecule has 6 atom stereocenters. The smallest absolute Gasteiger partial charge is 0.403 e. The highest BCUT2D eigenvalue weighted by Gasteiger charge is 2.46. The summed E-state index contributed by atoms with van der Waals surface area (Å²) in [5, 5.41) is 12.4. The average Bonchev–Trinajstić information content (AvgIpc) is 2.94. The molecule has 1 saturated heterocycles. The van der Waals surface area contributed by atoms with Crippen molar-refractivity contribution in [2.24, 2.45) is 5.92 Å². The van der Waals surface area contributed by atoms with Gasteiger partial charge in [0.05, 0.1) is 25.5 Å². The van der Waals surface area contributed by atoms with Crippen molar-refractivity contribution in [2.75, 3.05) is 13.3 Å². The Hall–Kier alpha value is -1.89. The predicted octanol–water partition coefficient (Wildman–Crippen LogP) is -0.573. The van der Waals surface area contributed by atoms with Gasteiger partial charge in [0.15, 0.2) is 6.23 Å². The maximum Gasteiger partial charge on any atom is 0.403 e. The lowest BCUT2D eigenvalue weighted by molar-refractivity contribution is -0.149. The van der Waals surface area contributed by atoms with E-state index in [9.17, 15) is 33.3 Å². The van der Waals surface area contributed by atoms with E-state index < -0.39 is 74.7 Å². The number of hydrogen-bond donors (Lipinski definition) is 4. The Kier molecular flexibility index (Phi) is 8.08. The highest BCUT2D eigenvalue weighted by atomic mass is 31.2. The number of halogens is 1. The van der Waals surface area contributed by atoms with Crippen LogP contribution in [0, 0.1) is 5.92 Å². The molecule has 1 aromatic rings. The van der Waals surface area contributed by atoms with E-state index in [0.29, 0.717) is 0 Å². The van der Waals surface area contributed by atoms with Gasteiger partial charge in [-0.15, -0.1) is 0 Å². The monoisotopic (exact) mass is 453 g/mol. The third-order valence-corrected chi connectivity index (χ3v) is 5.51. The molecule has 14 heteroatoms. The van der Waals surface area contributed by atoms with Gasteiger partial charge in [-0.2, -0.15) is 0 Å². The van der Waals surface area contributed by atoms with E-state index in [4.69, 9.17) is 14.0 Å². The van der Waals surface area contributed by atoms with Crippen LogP contribution in [-0.2, 0) is 23.4 Å². The third kappa shape index (κ3) is 6.06. The molecule has 1 unspecified atom stereocenters. The van der Waals surface area contributed by atoms with Gasteiger partial charge in [0.1, 0.15) is 12.1 Å². The predicted molar refractivity (Wildman–Crippen MR) is 100 cm³/mol. The molecular formula is C16H25FN3O9P. The van der Waals surface area contributed by atoms with Crippen LogP contribution in [0.5, 0.6) is 0 Å². The molecule has 0 aromatic carbocycles. The quantitative estimate of drug-likeness (QED) is 0.280. The van der Waals surface area contributed by atoms with Gasteiger partial charge >= 0.3 is 19.4 Å². The minimum absolute atomic E-state index is 0.423. The zero-order valence-electron chi connectivity index (χ0n) is 16.6. The standard InChI is InChI=1S/C16H25FN3O9P/c1-8(2)28-15(23)9(3)19-30(25,26)27-7-11-10(6-17)13(22)14(29-11)20-5-4-12(21)18-16(20)24/h4-5,8-11,13-14,22H,6-7H2,1-3H3,(H,18,21,24)(H2,19,25,26)/t9-,10+,11+,13+,14+/m0/s1. The van der Waals surface area contributed by atoms with Gasteiger partial charge in [-0.25, -0.2) is 14.4 Å². The van der Waals surface area contributed by atoms with Crippen LogP contribution in [0.15, 0.2) is 21.9 Å². The Morgan fingerprint density at radius 2 is 2.10 bits per heavy atom. The van der Waals surface area contributed by atoms with E-state index in [0.717, 1.165) is 16.8 Å². The van der Waals surface area contributed by atoms with E-state index >= 15 is 0 Å². The summed E-state index contributed by atoms with van der Waals surface area (Å²) >= 11 is 0. The summed E-state index contributed by atoms with van der Waals surface area (Å²) in [5.41, 5.74) is -1.54. The SMILES string of the molecule is CC(C)OC(=O)[C@H](C)NP(=O)(O)OC[C@H]1O[C@@H](n2ccc(=O)[nH]c2=O)[C@H](O)[C@@H]1CF. The van der Waals surface area contributed by atoms with Gasteiger partial charge in [-0.3, -0.25) is 28.1 Å². The molecule has 30 heavy (non-hydrogen) atoms. The van der Waals surface area contributed by atoms with Gasteiger partial charge in [-0.1, -0.05) is 0 Å². The fourth-order valence-corrected chi connectivity index (χ4v) is 3.87. The van der Waals surface area contributed by atoms with Crippen molar-refractivity contribution in [1.29, 1.82) is 0 Å². The fourth-order valence-electron chi connectivity index (χ4n) is 2.85. The number of nitrogens with zero attached hydrogens (tertiary/aromatic N) is 1. The lowest BCUT2D eigenvalue weighted by atomic mass is 10.00. The summed E-state index contributed by atoms with van der Waals surface area (Å²) in [4.78, 5) is 46.7. The Labute approximate surface area is 170 Å². The van der Waals surface area contributed by atoms with Crippen LogP contribution in [-0.4, -0.2) is 63.2 Å². The first-order chi connectivity index (χ1) is 13.9. The topological polar surface area (TPSA) is 169 Å². The normalized spacial score (nSPS) is 27.0. The molecule has 1 aliphatic heterocycles. The second-order valence-electron chi connectivity index (χ2n) is 7.04. The Bertz CT molecular complexity index is 904. The molecule has 0 amide bonds. The molecule has 1 aliphatic rings. The summed E-state index contributed by atoms with van der Waals surface area (Å²) in [7, 11) is -4.51. The molecular weight excluding hydrogens is 428 g/mol. The first kappa shape index (κ1) is 24.4. The first-order valence-electron chi connectivity index (χ1n) is 9.11. The van der Waals surface area contributed by atoms with Gasteiger partial charge in [-0.05, 0) is 20.8 Å². The number of carbonyl (C=O) groups is 1. The number of rotatable bonds is 9. The van der Waals surface area contributed by atoms with Crippen LogP contribution < -0.4 is 16.3 Å². The van der Waals surface area contributed by atoms with Crippen LogP contribution in [0.3, 0.4) is 0 Å². The van der Waals surface area contributed by atoms with Crippen molar-refractivity contribution in [2.45, 2.75) is 51.4 Å². The molecule has 12 nitrogen and oxygen atoms in total. The van der Waals surface area contributed by atoms with Crippen molar-refractivity contribution in [3.05, 3.63) is 33.1 Å². The van der Waals surface area contributed by atoms with Gasteiger partial charge in [0, 0.05) is 18.2 Å². The molecule has 1 aromatic heterocycles. The van der Waals surface area contributed by atoms with Crippen molar-refractivity contribution in [1.82, 2.24) is 14.6 Å². The number of esters is 1. The molecule has 0 saturated carbocycles. The Morgan fingerprint density at radius 3 is 2.67 bits per heavy atom. The van der Waals surface area contributed by atoms with Crippen molar-refractivity contribution in [3.8, 4) is 0 Å². The van der Waals surface area contributed by atoms with Gasteiger partial charge in [0.2, 0.25) is 0 Å². The Morgan fingerprint density at radius 1 is 1.43 bits per heavy atom. The summed E-state index contributed by atoms with van der Waals surface area (Å²) < 4.78 is 41.8. The molecule has 2 heterocycles. The maximum absolute atomic E-state index is 13.5. The van der Waals surface area contributed by atoms with E-state index in [1.165, 1.54) is 6.92 Å². The van der Waals surface area contributed by atoms with Crippen LogP contribution in [0.1, 0.15) is 27.0 Å². The zero-order valence-corrected chi connectivity index (χ0v) is 17.5. The van der Waals surface area contributed by atoms with Crippen molar-refractivity contribution < 1.29 is 37.7 Å². The number of aromatic amines is 1. The van der Waals surface area contributed by atoms with Crippen LogP contribution in [0.4, 0.5) is 4.39 Å². The second kappa shape index (κ2) is 9.94. The molecule has 0 bridgehead atoms. The summed E-state index contributed by atoms with van der Waals surface area (Å²) in [6.45, 7) is 2.85. The number of ether oxygens (including phenoxy) is 2. The molecule has 4 N–H and O–H groups in total. The van der Waals surface area contributed by atoms with Crippen molar-refractivity contribution in [3.63, 3.8) is 0 Å². The fraction of sp³-hybridized carbons (Fsp3) is 0.688. The highest BCUT2D eigenvalue weighted by molar-refractivity contribution is 7.50. The van der Waals surface area contributed by atoms with Crippen molar-refractivity contribution >= 4 is 13.7 Å². The van der Waals surface area contributed by atoms with Gasteiger partial charge < -0.3 is 19.5 Å². The molecule has 0 aliphatic carbocycles. The lowest BCUT2D eigenvalue weighted by Crippen LogP contribution is -2.36. The third-order valence-electron chi connectivity index (χ3n) is 4.30. The van der Waals surface area contributed by atoms with Gasteiger partial charge in [0.25, 0.3) is 5.56 Å². The first-order valence-corrected chi connectivity index (χ1v) is 10.7. The maximum atomic E-state index is 13.5. The summed E-state index contributed by atoms with van der Waals surface area (Å²) in [6, 6.07) is -0.141. The zero-order chi connectivity index (χ0) is 22.6. The second-order valence-corrected chi connectivity index (χ2v) is 8.60. The number of H-pyrrole nitrogens is 1. The van der Waals surface area contributed by atoms with Crippen LogP contribution in [0.2, 0.25) is 0 Å². The van der Waals surface area contributed by atoms with Crippen LogP contribution >= 0.6 is 7.75 Å². The van der Waals surface area contributed by atoms with E-state index in [1.807, 2.05) is 4.98 Å². The number of hydrogen-bond acceptors (Lipinski definition) is 8. The number of aliphatic hydroxyl groups excluding tert-OH is 1. The minimum Gasteiger partial charge on any atom is -0.462 e. The Balaban J connectivity index is 2.04. The number of alkyl halides is 1. The number of aliphatic hydroxyl groups is 1. The number of carbonyl (C=O) groups excluding carboxylic acids is 1.